The van der Waals surface area contributed by atoms with Crippen LogP contribution in [0.4, 0.5) is 0 Å². The Morgan fingerprint density at radius 2 is 1.43 bits per heavy atom. The number of hydrogen-bond acceptors (Lipinski definition) is 5. The van der Waals surface area contributed by atoms with E-state index >= 15 is 0 Å². The maximum atomic E-state index is 12.9. The van der Waals surface area contributed by atoms with Gasteiger partial charge in [0.05, 0.1) is 25.3 Å². The molecule has 7 nitrogen and oxygen atoms in total. The summed E-state index contributed by atoms with van der Waals surface area (Å²) in [7, 11) is 3.06. The van der Waals surface area contributed by atoms with Gasteiger partial charge in [-0.15, -0.1) is 0 Å². The number of piperazine rings is 1. The van der Waals surface area contributed by atoms with E-state index in [2.05, 4.69) is 0 Å². The van der Waals surface area contributed by atoms with Crippen molar-refractivity contribution in [3.63, 3.8) is 0 Å². The number of aryl methyl sites for hydroxylation is 1. The van der Waals surface area contributed by atoms with Crippen LogP contribution in [-0.4, -0.2) is 67.1 Å². The molecule has 1 heterocycles. The molecule has 1 fully saturated rings. The third kappa shape index (κ3) is 3.88. The number of nitrogens with zero attached hydrogens (tertiary/aromatic N) is 2. The Morgan fingerprint density at radius 1 is 0.857 bits per heavy atom. The number of phenols is 1. The molecule has 1 saturated heterocycles. The van der Waals surface area contributed by atoms with Crippen LogP contribution in [0.3, 0.4) is 0 Å². The molecule has 1 N–H and O–H groups in total. The molecule has 2 amide bonds. The summed E-state index contributed by atoms with van der Waals surface area (Å²) in [5.41, 5.74) is 1.62. The molecule has 0 aromatic heterocycles. The van der Waals surface area contributed by atoms with E-state index < -0.39 is 0 Å². The summed E-state index contributed by atoms with van der Waals surface area (Å²) in [5.74, 6) is 0.664. The van der Waals surface area contributed by atoms with Gasteiger partial charge in [0, 0.05) is 32.2 Å². The van der Waals surface area contributed by atoms with E-state index in [9.17, 15) is 14.7 Å². The van der Waals surface area contributed by atoms with Gasteiger partial charge in [-0.3, -0.25) is 9.59 Å². The van der Waals surface area contributed by atoms with Crippen molar-refractivity contribution < 1.29 is 24.2 Å². The molecule has 28 heavy (non-hydrogen) atoms. The number of aromatic hydroxyl groups is 1. The van der Waals surface area contributed by atoms with Crippen molar-refractivity contribution in [2.75, 3.05) is 40.4 Å². The first kappa shape index (κ1) is 19.5. The Kier molecular flexibility index (Phi) is 5.73. The fraction of sp³-hybridized carbons (Fsp3) is 0.333. The van der Waals surface area contributed by atoms with E-state index in [0.29, 0.717) is 43.2 Å². The van der Waals surface area contributed by atoms with E-state index in [1.54, 1.807) is 53.3 Å². The monoisotopic (exact) mass is 384 g/mol. The second-order valence-electron chi connectivity index (χ2n) is 6.67. The molecular weight excluding hydrogens is 360 g/mol. The SMILES string of the molecule is COc1ccc(C(=O)N2CCN(C(=O)c3ccc(C)cc3O)CC2)c(OC)c1. The zero-order chi connectivity index (χ0) is 20.3. The minimum absolute atomic E-state index is 0.0218. The topological polar surface area (TPSA) is 79.3 Å². The van der Waals surface area contributed by atoms with Gasteiger partial charge in [0.1, 0.15) is 17.2 Å². The molecule has 0 saturated carbocycles. The molecule has 1 aliphatic rings. The number of benzene rings is 2. The largest absolute Gasteiger partial charge is 0.507 e. The Labute approximate surface area is 164 Å². The van der Waals surface area contributed by atoms with Gasteiger partial charge >= 0.3 is 0 Å². The lowest BCUT2D eigenvalue weighted by atomic mass is 10.1. The number of amides is 2. The highest BCUT2D eigenvalue weighted by Gasteiger charge is 2.28. The first-order valence-corrected chi connectivity index (χ1v) is 9.04. The standard InChI is InChI=1S/C21H24N2O5/c1-14-4-6-16(18(24)12-14)20(25)22-8-10-23(11-9-22)21(26)17-7-5-15(27-2)13-19(17)28-3/h4-7,12-13,24H,8-11H2,1-3H3. The van der Waals surface area contributed by atoms with Crippen LogP contribution in [0.1, 0.15) is 26.3 Å². The third-order valence-corrected chi connectivity index (χ3v) is 4.88. The molecule has 0 bridgehead atoms. The molecule has 0 spiro atoms. The Morgan fingerprint density at radius 3 is 1.96 bits per heavy atom. The highest BCUT2D eigenvalue weighted by Crippen LogP contribution is 2.26. The Balaban J connectivity index is 1.68. The maximum absolute atomic E-state index is 12.9. The van der Waals surface area contributed by atoms with Crippen molar-refractivity contribution in [2.45, 2.75) is 6.92 Å². The predicted molar refractivity (Wildman–Crippen MR) is 104 cm³/mol. The lowest BCUT2D eigenvalue weighted by molar-refractivity contribution is 0.0532. The van der Waals surface area contributed by atoms with Crippen molar-refractivity contribution in [1.29, 1.82) is 0 Å². The fourth-order valence-electron chi connectivity index (χ4n) is 3.25. The summed E-state index contributed by atoms with van der Waals surface area (Å²) in [6.45, 7) is 3.47. The molecule has 2 aromatic rings. The van der Waals surface area contributed by atoms with Crippen LogP contribution in [0.2, 0.25) is 0 Å². The Hall–Kier alpha value is -3.22. The van der Waals surface area contributed by atoms with Gasteiger partial charge in [0.25, 0.3) is 11.8 Å². The van der Waals surface area contributed by atoms with Gasteiger partial charge in [0.2, 0.25) is 0 Å². The van der Waals surface area contributed by atoms with Gasteiger partial charge in [-0.05, 0) is 36.8 Å². The van der Waals surface area contributed by atoms with Crippen LogP contribution in [0.15, 0.2) is 36.4 Å². The molecule has 0 atom stereocenters. The van der Waals surface area contributed by atoms with Crippen LogP contribution in [0.5, 0.6) is 17.2 Å². The first-order valence-electron chi connectivity index (χ1n) is 9.04. The second kappa shape index (κ2) is 8.21. The highest BCUT2D eigenvalue weighted by atomic mass is 16.5. The summed E-state index contributed by atoms with van der Waals surface area (Å²) < 4.78 is 10.5. The summed E-state index contributed by atoms with van der Waals surface area (Å²) in [6.07, 6.45) is 0. The van der Waals surface area contributed by atoms with Crippen LogP contribution in [-0.2, 0) is 0 Å². The van der Waals surface area contributed by atoms with Gasteiger partial charge in [-0.25, -0.2) is 0 Å². The number of carbonyl (C=O) groups excluding carboxylic acids is 2. The van der Waals surface area contributed by atoms with E-state index in [0.717, 1.165) is 5.56 Å². The minimum atomic E-state index is -0.230. The summed E-state index contributed by atoms with van der Waals surface area (Å²) >= 11 is 0. The number of hydrogen-bond donors (Lipinski definition) is 1. The first-order chi connectivity index (χ1) is 13.4. The molecule has 0 aliphatic carbocycles. The van der Waals surface area contributed by atoms with Crippen LogP contribution in [0.25, 0.3) is 0 Å². The Bertz CT molecular complexity index is 888. The van der Waals surface area contributed by atoms with Crippen LogP contribution < -0.4 is 9.47 Å². The van der Waals surface area contributed by atoms with Crippen molar-refractivity contribution >= 4 is 11.8 Å². The number of phenolic OH excluding ortho intramolecular Hbond substituents is 1. The minimum Gasteiger partial charge on any atom is -0.507 e. The lowest BCUT2D eigenvalue weighted by Gasteiger charge is -2.35. The van der Waals surface area contributed by atoms with Crippen molar-refractivity contribution in [3.05, 3.63) is 53.1 Å². The highest BCUT2D eigenvalue weighted by molar-refractivity contribution is 5.98. The lowest BCUT2D eigenvalue weighted by Crippen LogP contribution is -2.50. The van der Waals surface area contributed by atoms with Gasteiger partial charge < -0.3 is 24.4 Å². The van der Waals surface area contributed by atoms with E-state index in [-0.39, 0.29) is 23.1 Å². The molecule has 3 rings (SSSR count). The molecule has 7 heteroatoms. The summed E-state index contributed by atoms with van der Waals surface area (Å²) in [5, 5.41) is 10.0. The summed E-state index contributed by atoms with van der Waals surface area (Å²) in [6, 6.07) is 10.1. The number of ether oxygens (including phenoxy) is 2. The zero-order valence-electron chi connectivity index (χ0n) is 16.3. The quantitative estimate of drug-likeness (QED) is 0.875. The van der Waals surface area contributed by atoms with Crippen LogP contribution in [0, 0.1) is 6.92 Å². The molecule has 1 aliphatic heterocycles. The fourth-order valence-corrected chi connectivity index (χ4v) is 3.25. The summed E-state index contributed by atoms with van der Waals surface area (Å²) in [4.78, 5) is 28.9. The molecule has 2 aromatic carbocycles. The zero-order valence-corrected chi connectivity index (χ0v) is 16.3. The van der Waals surface area contributed by atoms with Crippen molar-refractivity contribution in [1.82, 2.24) is 9.80 Å². The smallest absolute Gasteiger partial charge is 0.257 e. The number of rotatable bonds is 4. The molecule has 148 valence electrons. The normalized spacial score (nSPS) is 14.0. The van der Waals surface area contributed by atoms with E-state index in [4.69, 9.17) is 9.47 Å². The molecule has 0 unspecified atom stereocenters. The van der Waals surface area contributed by atoms with Gasteiger partial charge in [-0.2, -0.15) is 0 Å². The second-order valence-corrected chi connectivity index (χ2v) is 6.67. The van der Waals surface area contributed by atoms with E-state index in [1.165, 1.54) is 7.11 Å². The molecular formula is C21H24N2O5. The van der Waals surface area contributed by atoms with Crippen molar-refractivity contribution in [2.24, 2.45) is 0 Å². The predicted octanol–water partition coefficient (Wildman–Crippen LogP) is 2.32. The van der Waals surface area contributed by atoms with Gasteiger partial charge in [0.15, 0.2) is 0 Å². The van der Waals surface area contributed by atoms with Crippen LogP contribution >= 0.6 is 0 Å². The van der Waals surface area contributed by atoms with Crippen molar-refractivity contribution in [3.8, 4) is 17.2 Å². The average molecular weight is 384 g/mol. The number of carbonyl (C=O) groups is 2. The number of methoxy groups -OCH3 is 2. The third-order valence-electron chi connectivity index (χ3n) is 4.88. The molecule has 0 radical (unpaired) electrons. The van der Waals surface area contributed by atoms with Gasteiger partial charge in [-0.1, -0.05) is 6.07 Å². The van der Waals surface area contributed by atoms with E-state index in [1.807, 2.05) is 6.92 Å². The maximum Gasteiger partial charge on any atom is 0.257 e. The average Bonchev–Trinajstić information content (AvgIpc) is 2.72.